The van der Waals surface area contributed by atoms with Gasteiger partial charge in [-0.25, -0.2) is 8.78 Å². The molecule has 2 heterocycles. The summed E-state index contributed by atoms with van der Waals surface area (Å²) in [5.41, 5.74) is 0.514. The van der Waals surface area contributed by atoms with Gasteiger partial charge in [0.05, 0.1) is 5.69 Å². The van der Waals surface area contributed by atoms with Gasteiger partial charge >= 0.3 is 0 Å². The molecule has 3 rings (SSSR count). The number of piperazine rings is 1. The Bertz CT molecular complexity index is 469. The zero-order valence-corrected chi connectivity index (χ0v) is 12.2. The fourth-order valence-electron chi connectivity index (χ4n) is 3.13. The molecule has 0 saturated carbocycles. The lowest BCUT2D eigenvalue weighted by Crippen LogP contribution is -2.47. The molecule has 1 aromatic rings. The van der Waals surface area contributed by atoms with Gasteiger partial charge in [-0.1, -0.05) is 0 Å². The minimum Gasteiger partial charge on any atom is -0.381 e. The van der Waals surface area contributed by atoms with Gasteiger partial charge in [0, 0.05) is 45.5 Å². The van der Waals surface area contributed by atoms with E-state index < -0.39 is 11.6 Å². The highest BCUT2D eigenvalue weighted by Gasteiger charge is 2.21. The number of halogens is 2. The van der Waals surface area contributed by atoms with Gasteiger partial charge in [0.25, 0.3) is 0 Å². The first-order valence-corrected chi connectivity index (χ1v) is 7.72. The summed E-state index contributed by atoms with van der Waals surface area (Å²) in [6, 6.07) is 3.82. The molecule has 0 amide bonds. The van der Waals surface area contributed by atoms with Gasteiger partial charge in [-0.3, -0.25) is 4.90 Å². The summed E-state index contributed by atoms with van der Waals surface area (Å²) in [5.74, 6) is -0.280. The van der Waals surface area contributed by atoms with E-state index in [2.05, 4.69) is 4.90 Å². The highest BCUT2D eigenvalue weighted by atomic mass is 19.1. The number of hydrogen-bond acceptors (Lipinski definition) is 3. The monoisotopic (exact) mass is 296 g/mol. The smallest absolute Gasteiger partial charge is 0.149 e. The first-order chi connectivity index (χ1) is 10.2. The maximum atomic E-state index is 13.8. The molecule has 0 bridgehead atoms. The van der Waals surface area contributed by atoms with Crippen LogP contribution >= 0.6 is 0 Å². The highest BCUT2D eigenvalue weighted by Crippen LogP contribution is 2.22. The van der Waals surface area contributed by atoms with Gasteiger partial charge in [-0.2, -0.15) is 0 Å². The number of hydrogen-bond donors (Lipinski definition) is 0. The SMILES string of the molecule is Fc1ccc(N2CCN(CCC3CCOC3)CC2)c(F)c1. The highest BCUT2D eigenvalue weighted by molar-refractivity contribution is 5.48. The molecule has 0 radical (unpaired) electrons. The zero-order chi connectivity index (χ0) is 14.7. The van der Waals surface area contributed by atoms with Crippen molar-refractivity contribution in [3.63, 3.8) is 0 Å². The topological polar surface area (TPSA) is 15.7 Å². The van der Waals surface area contributed by atoms with Crippen LogP contribution in [0.5, 0.6) is 0 Å². The fourth-order valence-corrected chi connectivity index (χ4v) is 3.13. The van der Waals surface area contributed by atoms with E-state index in [0.29, 0.717) is 11.6 Å². The minimum atomic E-state index is -0.520. The van der Waals surface area contributed by atoms with Gasteiger partial charge in [0.15, 0.2) is 0 Å². The van der Waals surface area contributed by atoms with Crippen LogP contribution in [0.15, 0.2) is 18.2 Å². The summed E-state index contributed by atoms with van der Waals surface area (Å²) < 4.78 is 32.1. The Morgan fingerprint density at radius 1 is 1.14 bits per heavy atom. The standard InChI is InChI=1S/C16H22F2N2O/c17-14-1-2-16(15(18)11-14)20-8-6-19(7-9-20)5-3-13-4-10-21-12-13/h1-2,11,13H,3-10,12H2. The van der Waals surface area contributed by atoms with E-state index in [4.69, 9.17) is 4.74 Å². The summed E-state index contributed by atoms with van der Waals surface area (Å²) in [7, 11) is 0. The van der Waals surface area contributed by atoms with Crippen molar-refractivity contribution in [2.24, 2.45) is 5.92 Å². The summed E-state index contributed by atoms with van der Waals surface area (Å²) in [5, 5.41) is 0. The third-order valence-corrected chi connectivity index (χ3v) is 4.50. The van der Waals surface area contributed by atoms with Crippen LogP contribution in [0.25, 0.3) is 0 Å². The molecule has 0 N–H and O–H groups in total. The van der Waals surface area contributed by atoms with Crippen LogP contribution in [-0.4, -0.2) is 50.8 Å². The lowest BCUT2D eigenvalue weighted by molar-refractivity contribution is 0.176. The molecule has 2 saturated heterocycles. The normalized spacial score (nSPS) is 23.7. The number of nitrogens with zero attached hydrogens (tertiary/aromatic N) is 2. The zero-order valence-electron chi connectivity index (χ0n) is 12.2. The Morgan fingerprint density at radius 3 is 2.62 bits per heavy atom. The summed E-state index contributed by atoms with van der Waals surface area (Å²) >= 11 is 0. The van der Waals surface area contributed by atoms with E-state index in [0.717, 1.165) is 52.0 Å². The third kappa shape index (κ3) is 3.71. The maximum Gasteiger partial charge on any atom is 0.149 e. The van der Waals surface area contributed by atoms with E-state index in [9.17, 15) is 8.78 Å². The number of rotatable bonds is 4. The van der Waals surface area contributed by atoms with Crippen molar-refractivity contribution in [3.8, 4) is 0 Å². The second kappa shape index (κ2) is 6.71. The van der Waals surface area contributed by atoms with Gasteiger partial charge in [-0.05, 0) is 37.4 Å². The van der Waals surface area contributed by atoms with Crippen LogP contribution in [0.4, 0.5) is 14.5 Å². The molecule has 0 aliphatic carbocycles. The van der Waals surface area contributed by atoms with Gasteiger partial charge in [0.1, 0.15) is 11.6 Å². The lowest BCUT2D eigenvalue weighted by atomic mass is 10.0. The van der Waals surface area contributed by atoms with Crippen molar-refractivity contribution >= 4 is 5.69 Å². The minimum absolute atomic E-state index is 0.466. The van der Waals surface area contributed by atoms with Crippen molar-refractivity contribution in [3.05, 3.63) is 29.8 Å². The average Bonchev–Trinajstić information content (AvgIpc) is 2.99. The first-order valence-electron chi connectivity index (χ1n) is 7.72. The molecule has 0 spiro atoms. The van der Waals surface area contributed by atoms with Crippen molar-refractivity contribution in [2.75, 3.05) is 50.8 Å². The molecule has 116 valence electrons. The first kappa shape index (κ1) is 14.7. The van der Waals surface area contributed by atoms with Crippen LogP contribution < -0.4 is 4.90 Å². The second-order valence-electron chi connectivity index (χ2n) is 5.94. The molecule has 3 nitrogen and oxygen atoms in total. The summed E-state index contributed by atoms with van der Waals surface area (Å²) in [6.07, 6.45) is 2.37. The molecule has 1 atom stereocenters. The van der Waals surface area contributed by atoms with Crippen molar-refractivity contribution in [1.82, 2.24) is 4.90 Å². The summed E-state index contributed by atoms with van der Waals surface area (Å²) in [6.45, 7) is 6.36. The molecule has 2 fully saturated rings. The van der Waals surface area contributed by atoms with E-state index in [1.165, 1.54) is 25.0 Å². The van der Waals surface area contributed by atoms with Crippen molar-refractivity contribution in [2.45, 2.75) is 12.8 Å². The Morgan fingerprint density at radius 2 is 1.95 bits per heavy atom. The largest absolute Gasteiger partial charge is 0.381 e. The van der Waals surface area contributed by atoms with Crippen LogP contribution in [-0.2, 0) is 4.74 Å². The average molecular weight is 296 g/mol. The van der Waals surface area contributed by atoms with Gasteiger partial charge < -0.3 is 9.64 Å². The molecular weight excluding hydrogens is 274 g/mol. The van der Waals surface area contributed by atoms with Crippen LogP contribution in [0.1, 0.15) is 12.8 Å². The van der Waals surface area contributed by atoms with E-state index >= 15 is 0 Å². The van der Waals surface area contributed by atoms with Crippen molar-refractivity contribution in [1.29, 1.82) is 0 Å². The molecular formula is C16H22F2N2O. The Hall–Kier alpha value is -1.20. The Balaban J connectivity index is 1.48. The van der Waals surface area contributed by atoms with Crippen LogP contribution in [0.3, 0.4) is 0 Å². The maximum absolute atomic E-state index is 13.8. The number of ether oxygens (including phenoxy) is 1. The van der Waals surface area contributed by atoms with Gasteiger partial charge in [0.2, 0.25) is 0 Å². The molecule has 2 aliphatic heterocycles. The Labute approximate surface area is 124 Å². The van der Waals surface area contributed by atoms with E-state index in [1.54, 1.807) is 0 Å². The predicted molar refractivity (Wildman–Crippen MR) is 78.6 cm³/mol. The number of benzene rings is 1. The molecule has 1 aromatic carbocycles. The van der Waals surface area contributed by atoms with E-state index in [1.807, 2.05) is 4.90 Å². The van der Waals surface area contributed by atoms with Gasteiger partial charge in [-0.15, -0.1) is 0 Å². The van der Waals surface area contributed by atoms with Crippen LogP contribution in [0.2, 0.25) is 0 Å². The summed E-state index contributed by atoms with van der Waals surface area (Å²) in [4.78, 5) is 4.43. The molecule has 0 aromatic heterocycles. The van der Waals surface area contributed by atoms with Crippen molar-refractivity contribution < 1.29 is 13.5 Å². The van der Waals surface area contributed by atoms with Crippen LogP contribution in [0, 0.1) is 17.6 Å². The predicted octanol–water partition coefficient (Wildman–Crippen LogP) is 2.51. The number of anilines is 1. The third-order valence-electron chi connectivity index (χ3n) is 4.50. The second-order valence-corrected chi connectivity index (χ2v) is 5.94. The Kier molecular flexibility index (Phi) is 4.70. The molecule has 1 unspecified atom stereocenters. The fraction of sp³-hybridized carbons (Fsp3) is 0.625. The molecule has 2 aliphatic rings. The lowest BCUT2D eigenvalue weighted by Gasteiger charge is -2.36. The molecule has 5 heteroatoms. The molecule has 21 heavy (non-hydrogen) atoms. The van der Waals surface area contributed by atoms with E-state index in [-0.39, 0.29) is 0 Å². The quantitative estimate of drug-likeness (QED) is 0.849.